The van der Waals surface area contributed by atoms with E-state index in [-0.39, 0.29) is 27.7 Å². The van der Waals surface area contributed by atoms with Crippen LogP contribution >= 0.6 is 39.1 Å². The minimum atomic E-state index is -0.262. The van der Waals surface area contributed by atoms with Crippen molar-refractivity contribution in [2.45, 2.75) is 13.0 Å². The Balaban J connectivity index is 2.20. The standard InChI is InChI=1S/C15H13BrCl2N2O/c1-8(10-4-2-3-5-11(10)16)20-15(21)9-6-12(17)14(19)13(18)7-9/h2-8H,19H2,1H3,(H,20,21)/t8-/m0/s1. The fraction of sp³-hybridized carbons (Fsp3) is 0.133. The summed E-state index contributed by atoms with van der Waals surface area (Å²) in [6.45, 7) is 1.90. The molecule has 0 aliphatic carbocycles. The molecule has 0 spiro atoms. The quantitative estimate of drug-likeness (QED) is 0.741. The molecule has 3 N–H and O–H groups in total. The number of rotatable bonds is 3. The molecule has 2 rings (SSSR count). The van der Waals surface area contributed by atoms with Crippen molar-refractivity contribution in [1.29, 1.82) is 0 Å². The molecule has 0 aromatic heterocycles. The molecule has 0 bridgehead atoms. The molecular formula is C15H13BrCl2N2O. The molecule has 0 radical (unpaired) electrons. The van der Waals surface area contributed by atoms with Crippen LogP contribution in [0.25, 0.3) is 0 Å². The molecule has 0 heterocycles. The van der Waals surface area contributed by atoms with Gasteiger partial charge in [0.25, 0.3) is 5.91 Å². The van der Waals surface area contributed by atoms with Crippen molar-refractivity contribution < 1.29 is 4.79 Å². The van der Waals surface area contributed by atoms with Crippen molar-refractivity contribution in [2.75, 3.05) is 5.73 Å². The van der Waals surface area contributed by atoms with Gasteiger partial charge in [0, 0.05) is 10.0 Å². The van der Waals surface area contributed by atoms with Gasteiger partial charge in [-0.05, 0) is 30.7 Å². The predicted octanol–water partition coefficient (Wildman–Crippen LogP) is 4.83. The van der Waals surface area contributed by atoms with Gasteiger partial charge in [0.05, 0.1) is 21.8 Å². The van der Waals surface area contributed by atoms with Crippen LogP contribution in [-0.2, 0) is 0 Å². The third-order valence-electron chi connectivity index (χ3n) is 3.06. The highest BCUT2D eigenvalue weighted by Gasteiger charge is 2.15. The Morgan fingerprint density at radius 3 is 2.38 bits per heavy atom. The first-order valence-electron chi connectivity index (χ1n) is 6.20. The summed E-state index contributed by atoms with van der Waals surface area (Å²) in [6.07, 6.45) is 0. The molecule has 2 aromatic rings. The molecule has 2 aromatic carbocycles. The highest BCUT2D eigenvalue weighted by Crippen LogP contribution is 2.29. The molecule has 0 aliphatic heterocycles. The van der Waals surface area contributed by atoms with E-state index in [0.717, 1.165) is 10.0 Å². The van der Waals surface area contributed by atoms with E-state index in [9.17, 15) is 4.79 Å². The SMILES string of the molecule is C[C@H](NC(=O)c1cc(Cl)c(N)c(Cl)c1)c1ccccc1Br. The van der Waals surface area contributed by atoms with E-state index in [1.807, 2.05) is 31.2 Å². The zero-order chi connectivity index (χ0) is 15.6. The molecule has 3 nitrogen and oxygen atoms in total. The Bertz CT molecular complexity index is 668. The highest BCUT2D eigenvalue weighted by atomic mass is 79.9. The molecule has 6 heteroatoms. The van der Waals surface area contributed by atoms with Gasteiger partial charge in [-0.1, -0.05) is 57.3 Å². The fourth-order valence-electron chi connectivity index (χ4n) is 1.90. The third-order valence-corrected chi connectivity index (χ3v) is 4.41. The Morgan fingerprint density at radius 1 is 1.24 bits per heavy atom. The number of hydrogen-bond donors (Lipinski definition) is 2. The van der Waals surface area contributed by atoms with E-state index in [1.54, 1.807) is 0 Å². The molecule has 21 heavy (non-hydrogen) atoms. The molecule has 0 aliphatic rings. The normalized spacial score (nSPS) is 12.0. The van der Waals surface area contributed by atoms with Crippen LogP contribution in [0, 0.1) is 0 Å². The Morgan fingerprint density at radius 2 is 1.81 bits per heavy atom. The fourth-order valence-corrected chi connectivity index (χ4v) is 3.01. The topological polar surface area (TPSA) is 55.1 Å². The lowest BCUT2D eigenvalue weighted by atomic mass is 10.1. The lowest BCUT2D eigenvalue weighted by molar-refractivity contribution is 0.0940. The minimum absolute atomic E-state index is 0.164. The van der Waals surface area contributed by atoms with Crippen LogP contribution < -0.4 is 11.1 Å². The van der Waals surface area contributed by atoms with Crippen LogP contribution in [0.4, 0.5) is 5.69 Å². The monoisotopic (exact) mass is 386 g/mol. The van der Waals surface area contributed by atoms with Crippen LogP contribution in [0.2, 0.25) is 10.0 Å². The third kappa shape index (κ3) is 3.70. The number of carbonyl (C=O) groups is 1. The van der Waals surface area contributed by atoms with Gasteiger partial charge in [-0.2, -0.15) is 0 Å². The summed E-state index contributed by atoms with van der Waals surface area (Å²) in [7, 11) is 0. The van der Waals surface area contributed by atoms with Gasteiger partial charge >= 0.3 is 0 Å². The average Bonchev–Trinajstić information content (AvgIpc) is 2.44. The molecule has 0 unspecified atom stereocenters. The second kappa shape index (κ2) is 6.69. The Hall–Kier alpha value is -1.23. The number of hydrogen-bond acceptors (Lipinski definition) is 2. The smallest absolute Gasteiger partial charge is 0.251 e. The summed E-state index contributed by atoms with van der Waals surface area (Å²) in [5.41, 5.74) is 7.29. The lowest BCUT2D eigenvalue weighted by Gasteiger charge is -2.16. The van der Waals surface area contributed by atoms with E-state index < -0.39 is 0 Å². The van der Waals surface area contributed by atoms with Gasteiger partial charge in [0.15, 0.2) is 0 Å². The number of anilines is 1. The van der Waals surface area contributed by atoms with Crippen LogP contribution in [-0.4, -0.2) is 5.91 Å². The van der Waals surface area contributed by atoms with Crippen LogP contribution in [0.1, 0.15) is 28.9 Å². The minimum Gasteiger partial charge on any atom is -0.396 e. The van der Waals surface area contributed by atoms with E-state index in [0.29, 0.717) is 5.56 Å². The van der Waals surface area contributed by atoms with Crippen molar-refractivity contribution in [3.63, 3.8) is 0 Å². The molecule has 0 saturated carbocycles. The van der Waals surface area contributed by atoms with Crippen molar-refractivity contribution in [2.24, 2.45) is 0 Å². The van der Waals surface area contributed by atoms with E-state index in [1.165, 1.54) is 12.1 Å². The highest BCUT2D eigenvalue weighted by molar-refractivity contribution is 9.10. The summed E-state index contributed by atoms with van der Waals surface area (Å²) in [5.74, 6) is -0.262. The first-order chi connectivity index (χ1) is 9.90. The largest absolute Gasteiger partial charge is 0.396 e. The zero-order valence-corrected chi connectivity index (χ0v) is 14.3. The first-order valence-corrected chi connectivity index (χ1v) is 7.75. The second-order valence-corrected chi connectivity index (χ2v) is 6.24. The van der Waals surface area contributed by atoms with E-state index in [2.05, 4.69) is 21.2 Å². The van der Waals surface area contributed by atoms with Gasteiger partial charge in [-0.15, -0.1) is 0 Å². The molecule has 0 saturated heterocycles. The number of benzene rings is 2. The lowest BCUT2D eigenvalue weighted by Crippen LogP contribution is -2.26. The number of nitrogens with one attached hydrogen (secondary N) is 1. The predicted molar refractivity (Wildman–Crippen MR) is 90.9 cm³/mol. The van der Waals surface area contributed by atoms with Gasteiger partial charge in [-0.3, -0.25) is 4.79 Å². The number of nitrogens with two attached hydrogens (primary N) is 1. The van der Waals surface area contributed by atoms with E-state index in [4.69, 9.17) is 28.9 Å². The van der Waals surface area contributed by atoms with Crippen molar-refractivity contribution in [3.8, 4) is 0 Å². The molecule has 1 atom stereocenters. The maximum atomic E-state index is 12.3. The Labute approximate surface area is 141 Å². The summed E-state index contributed by atoms with van der Waals surface area (Å²) in [5, 5.41) is 3.43. The second-order valence-electron chi connectivity index (χ2n) is 4.57. The molecule has 110 valence electrons. The number of nitrogen functional groups attached to an aromatic ring is 1. The van der Waals surface area contributed by atoms with E-state index >= 15 is 0 Å². The van der Waals surface area contributed by atoms with Crippen molar-refractivity contribution >= 4 is 50.7 Å². The van der Waals surface area contributed by atoms with Gasteiger partial charge in [-0.25, -0.2) is 0 Å². The number of carbonyl (C=O) groups excluding carboxylic acids is 1. The van der Waals surface area contributed by atoms with Gasteiger partial charge < -0.3 is 11.1 Å². The van der Waals surface area contributed by atoms with Crippen molar-refractivity contribution in [3.05, 3.63) is 62.0 Å². The number of amides is 1. The van der Waals surface area contributed by atoms with Crippen LogP contribution in [0.15, 0.2) is 40.9 Å². The van der Waals surface area contributed by atoms with Crippen LogP contribution in [0.3, 0.4) is 0 Å². The maximum Gasteiger partial charge on any atom is 0.251 e. The summed E-state index contributed by atoms with van der Waals surface area (Å²) in [6, 6.07) is 10.5. The zero-order valence-electron chi connectivity index (χ0n) is 11.2. The maximum absolute atomic E-state index is 12.3. The Kier molecular flexibility index (Phi) is 5.14. The number of halogens is 3. The van der Waals surface area contributed by atoms with Gasteiger partial charge in [0.1, 0.15) is 0 Å². The van der Waals surface area contributed by atoms with Crippen LogP contribution in [0.5, 0.6) is 0 Å². The molecule has 1 amide bonds. The van der Waals surface area contributed by atoms with Crippen molar-refractivity contribution in [1.82, 2.24) is 5.32 Å². The summed E-state index contributed by atoms with van der Waals surface area (Å²) < 4.78 is 0.936. The molecular weight excluding hydrogens is 375 g/mol. The summed E-state index contributed by atoms with van der Waals surface area (Å²) >= 11 is 15.4. The average molecular weight is 388 g/mol. The molecule has 0 fully saturated rings. The summed E-state index contributed by atoms with van der Waals surface area (Å²) in [4.78, 5) is 12.3. The first kappa shape index (κ1) is 16.1. The van der Waals surface area contributed by atoms with Gasteiger partial charge in [0.2, 0.25) is 0 Å².